The molecule has 0 bridgehead atoms. The Bertz CT molecular complexity index is 808. The van der Waals surface area contributed by atoms with Crippen LogP contribution in [0.3, 0.4) is 0 Å². The molecule has 5 heteroatoms. The number of rotatable bonds is 12. The van der Waals surface area contributed by atoms with Gasteiger partial charge in [-0.25, -0.2) is 4.79 Å². The standard InChI is InChI=1S/C23H24O5/c1-4-18(3)25-13-14-27-22-8-6-7-20(17-22)19-9-11-21(12-10-19)26-15-16-28-23(24)5-2/h4-12,17H,1-3,13-16H2. The first-order chi connectivity index (χ1) is 13.6. The van der Waals surface area contributed by atoms with Gasteiger partial charge in [-0.2, -0.15) is 0 Å². The molecule has 0 heterocycles. The maximum absolute atomic E-state index is 11.0. The quantitative estimate of drug-likeness (QED) is 0.178. The Morgan fingerprint density at radius 1 is 0.786 bits per heavy atom. The van der Waals surface area contributed by atoms with E-state index in [1.165, 1.54) is 0 Å². The molecule has 0 unspecified atom stereocenters. The van der Waals surface area contributed by atoms with Crippen LogP contribution < -0.4 is 9.47 Å². The number of carbonyl (C=O) groups excluding carboxylic acids is 1. The van der Waals surface area contributed by atoms with Crippen molar-refractivity contribution in [2.75, 3.05) is 26.4 Å². The lowest BCUT2D eigenvalue weighted by Crippen LogP contribution is -2.10. The molecule has 28 heavy (non-hydrogen) atoms. The van der Waals surface area contributed by atoms with Gasteiger partial charge in [-0.3, -0.25) is 0 Å². The van der Waals surface area contributed by atoms with Crippen molar-refractivity contribution >= 4 is 5.97 Å². The van der Waals surface area contributed by atoms with Crippen LogP contribution in [0.1, 0.15) is 0 Å². The summed E-state index contributed by atoms with van der Waals surface area (Å²) < 4.78 is 21.4. The molecule has 2 aromatic carbocycles. The molecule has 146 valence electrons. The average Bonchev–Trinajstić information content (AvgIpc) is 2.74. The van der Waals surface area contributed by atoms with E-state index < -0.39 is 5.97 Å². The van der Waals surface area contributed by atoms with E-state index in [0.717, 1.165) is 23.0 Å². The largest absolute Gasteiger partial charge is 0.491 e. The Hall–Kier alpha value is -3.47. The predicted molar refractivity (Wildman–Crippen MR) is 109 cm³/mol. The molecule has 0 radical (unpaired) electrons. The minimum atomic E-state index is -0.460. The summed E-state index contributed by atoms with van der Waals surface area (Å²) in [4.78, 5) is 11.0. The number of hydrogen-bond acceptors (Lipinski definition) is 5. The van der Waals surface area contributed by atoms with Crippen LogP contribution in [-0.2, 0) is 14.3 Å². The smallest absolute Gasteiger partial charge is 0.330 e. The van der Waals surface area contributed by atoms with Crippen LogP contribution in [0, 0.1) is 0 Å². The van der Waals surface area contributed by atoms with Gasteiger partial charge in [0.1, 0.15) is 43.7 Å². The second-order valence-corrected chi connectivity index (χ2v) is 5.64. The molecular formula is C23H24O5. The predicted octanol–water partition coefficient (Wildman–Crippen LogP) is 4.56. The van der Waals surface area contributed by atoms with Gasteiger partial charge in [0.05, 0.1) is 0 Å². The lowest BCUT2D eigenvalue weighted by molar-refractivity contribution is -0.138. The lowest BCUT2D eigenvalue weighted by Gasteiger charge is -2.10. The monoisotopic (exact) mass is 380 g/mol. The molecule has 0 aromatic heterocycles. The van der Waals surface area contributed by atoms with Crippen LogP contribution in [0.2, 0.25) is 0 Å². The zero-order valence-corrected chi connectivity index (χ0v) is 15.8. The van der Waals surface area contributed by atoms with Gasteiger partial charge in [0.25, 0.3) is 0 Å². The normalized spacial score (nSPS) is 9.86. The van der Waals surface area contributed by atoms with E-state index in [-0.39, 0.29) is 13.2 Å². The van der Waals surface area contributed by atoms with Crippen LogP contribution >= 0.6 is 0 Å². The molecule has 0 amide bonds. The third kappa shape index (κ3) is 7.03. The van der Waals surface area contributed by atoms with Crippen LogP contribution in [0.4, 0.5) is 0 Å². The second kappa shape index (κ2) is 11.3. The summed E-state index contributed by atoms with van der Waals surface area (Å²) in [5.74, 6) is 1.52. The van der Waals surface area contributed by atoms with Crippen molar-refractivity contribution in [3.63, 3.8) is 0 Å². The molecule has 2 aromatic rings. The molecular weight excluding hydrogens is 356 g/mol. The molecule has 5 nitrogen and oxygen atoms in total. The first-order valence-corrected chi connectivity index (χ1v) is 8.82. The fourth-order valence-corrected chi connectivity index (χ4v) is 2.26. The number of hydrogen-bond donors (Lipinski definition) is 0. The fraction of sp³-hybridized carbons (Fsp3) is 0.174. The summed E-state index contributed by atoms with van der Waals surface area (Å²) in [5, 5.41) is 0. The summed E-state index contributed by atoms with van der Waals surface area (Å²) in [7, 11) is 0. The van der Waals surface area contributed by atoms with Crippen molar-refractivity contribution in [2.45, 2.75) is 0 Å². The van der Waals surface area contributed by atoms with Crippen LogP contribution in [0.5, 0.6) is 11.5 Å². The molecule has 0 aliphatic rings. The van der Waals surface area contributed by atoms with Gasteiger partial charge in [-0.1, -0.05) is 44.0 Å². The summed E-state index contributed by atoms with van der Waals surface area (Å²) in [6.45, 7) is 11.9. The zero-order chi connectivity index (χ0) is 20.2. The minimum absolute atomic E-state index is 0.176. The molecule has 0 atom stereocenters. The van der Waals surface area contributed by atoms with Crippen molar-refractivity contribution in [2.24, 2.45) is 0 Å². The fourth-order valence-electron chi connectivity index (χ4n) is 2.26. The van der Waals surface area contributed by atoms with E-state index >= 15 is 0 Å². The van der Waals surface area contributed by atoms with Gasteiger partial charge >= 0.3 is 5.97 Å². The van der Waals surface area contributed by atoms with Gasteiger partial charge in [0.15, 0.2) is 0 Å². The van der Waals surface area contributed by atoms with Crippen molar-refractivity contribution < 1.29 is 23.7 Å². The Labute approximate surface area is 165 Å². The molecule has 0 saturated heterocycles. The van der Waals surface area contributed by atoms with Crippen molar-refractivity contribution in [1.29, 1.82) is 0 Å². The van der Waals surface area contributed by atoms with E-state index in [0.29, 0.717) is 24.7 Å². The first-order valence-electron chi connectivity index (χ1n) is 8.82. The van der Waals surface area contributed by atoms with E-state index in [1.54, 1.807) is 6.08 Å². The van der Waals surface area contributed by atoms with Crippen molar-refractivity contribution in [1.82, 2.24) is 0 Å². The van der Waals surface area contributed by atoms with Crippen LogP contribution in [-0.4, -0.2) is 32.4 Å². The number of benzene rings is 2. The molecule has 0 spiro atoms. The zero-order valence-electron chi connectivity index (χ0n) is 15.8. The molecule has 0 saturated carbocycles. The SMILES string of the molecule is C=CC(=C)OCCOc1cccc(-c2ccc(OCCOC(=O)C=C)cc2)c1. The Balaban J connectivity index is 1.85. The highest BCUT2D eigenvalue weighted by Crippen LogP contribution is 2.25. The average molecular weight is 380 g/mol. The van der Waals surface area contributed by atoms with Crippen molar-refractivity contribution in [3.05, 3.63) is 86.2 Å². The summed E-state index contributed by atoms with van der Waals surface area (Å²) >= 11 is 0. The molecule has 0 fully saturated rings. The summed E-state index contributed by atoms with van der Waals surface area (Å²) in [6.07, 6.45) is 2.68. The molecule has 2 rings (SSSR count). The maximum Gasteiger partial charge on any atom is 0.330 e. The molecule has 0 aliphatic carbocycles. The third-order valence-electron chi connectivity index (χ3n) is 3.65. The maximum atomic E-state index is 11.0. The summed E-state index contributed by atoms with van der Waals surface area (Å²) in [5.41, 5.74) is 2.06. The first kappa shape index (κ1) is 20.8. The number of carbonyl (C=O) groups is 1. The van der Waals surface area contributed by atoms with E-state index in [1.807, 2.05) is 48.5 Å². The van der Waals surface area contributed by atoms with E-state index in [2.05, 4.69) is 19.7 Å². The van der Waals surface area contributed by atoms with E-state index in [9.17, 15) is 4.79 Å². The van der Waals surface area contributed by atoms with E-state index in [4.69, 9.17) is 18.9 Å². The van der Waals surface area contributed by atoms with Gasteiger partial charge in [-0.15, -0.1) is 0 Å². The van der Waals surface area contributed by atoms with Gasteiger partial charge in [0, 0.05) is 6.08 Å². The topological polar surface area (TPSA) is 54.0 Å². The Morgan fingerprint density at radius 2 is 1.46 bits per heavy atom. The lowest BCUT2D eigenvalue weighted by atomic mass is 10.1. The number of esters is 1. The number of allylic oxidation sites excluding steroid dienone is 1. The summed E-state index contributed by atoms with van der Waals surface area (Å²) in [6, 6.07) is 15.5. The van der Waals surface area contributed by atoms with Gasteiger partial charge in [0.2, 0.25) is 0 Å². The molecule has 0 N–H and O–H groups in total. The highest BCUT2D eigenvalue weighted by molar-refractivity contribution is 5.81. The van der Waals surface area contributed by atoms with Gasteiger partial charge in [-0.05, 0) is 41.5 Å². The van der Waals surface area contributed by atoms with Crippen LogP contribution in [0.25, 0.3) is 11.1 Å². The Morgan fingerprint density at radius 3 is 2.14 bits per heavy atom. The molecule has 0 aliphatic heterocycles. The highest BCUT2D eigenvalue weighted by Gasteiger charge is 2.02. The number of ether oxygens (including phenoxy) is 4. The minimum Gasteiger partial charge on any atom is -0.491 e. The Kier molecular flexibility index (Phi) is 8.40. The second-order valence-electron chi connectivity index (χ2n) is 5.64. The van der Waals surface area contributed by atoms with Crippen molar-refractivity contribution in [3.8, 4) is 22.6 Å². The van der Waals surface area contributed by atoms with Gasteiger partial charge < -0.3 is 18.9 Å². The third-order valence-corrected chi connectivity index (χ3v) is 3.65. The van der Waals surface area contributed by atoms with Crippen LogP contribution in [0.15, 0.2) is 86.2 Å². The highest BCUT2D eigenvalue weighted by atomic mass is 16.6.